The first kappa shape index (κ1) is 11.2. The molecule has 1 heterocycles. The van der Waals surface area contributed by atoms with Crippen LogP contribution in [0.2, 0.25) is 0 Å². The van der Waals surface area contributed by atoms with Crippen molar-refractivity contribution in [1.29, 1.82) is 0 Å². The van der Waals surface area contributed by atoms with E-state index in [1.165, 1.54) is 5.56 Å². The molecule has 1 aliphatic carbocycles. The second-order valence-corrected chi connectivity index (χ2v) is 5.19. The minimum absolute atomic E-state index is 0.224. The molecule has 0 bridgehead atoms. The average Bonchev–Trinajstić information content (AvgIpc) is 2.74. The number of aromatic nitrogens is 2. The molecule has 18 heavy (non-hydrogen) atoms. The second-order valence-electron chi connectivity index (χ2n) is 5.19. The van der Waals surface area contributed by atoms with Crippen LogP contribution in [0.1, 0.15) is 35.0 Å². The van der Waals surface area contributed by atoms with Gasteiger partial charge in [0.1, 0.15) is 0 Å². The molecule has 1 atom stereocenters. The zero-order valence-electron chi connectivity index (χ0n) is 10.7. The number of benzene rings is 1. The molecule has 1 aliphatic rings. The molecule has 1 aromatic carbocycles. The van der Waals surface area contributed by atoms with Gasteiger partial charge in [0.05, 0.1) is 23.1 Å². The number of fused-ring (bicyclic) bond motifs is 1. The van der Waals surface area contributed by atoms with Gasteiger partial charge in [-0.25, -0.2) is 4.68 Å². The van der Waals surface area contributed by atoms with E-state index in [0.717, 1.165) is 23.4 Å². The van der Waals surface area contributed by atoms with E-state index in [1.807, 2.05) is 16.8 Å². The zero-order chi connectivity index (χ0) is 12.7. The van der Waals surface area contributed by atoms with E-state index in [0.29, 0.717) is 12.3 Å². The highest BCUT2D eigenvalue weighted by atomic mass is 16.1. The summed E-state index contributed by atoms with van der Waals surface area (Å²) in [6, 6.07) is 8.23. The molecule has 0 spiro atoms. The van der Waals surface area contributed by atoms with Gasteiger partial charge in [-0.2, -0.15) is 5.10 Å². The van der Waals surface area contributed by atoms with Crippen molar-refractivity contribution in [3.8, 4) is 5.69 Å². The van der Waals surface area contributed by atoms with Crippen LogP contribution in [0.4, 0.5) is 0 Å². The predicted octanol–water partition coefficient (Wildman–Crippen LogP) is 2.95. The van der Waals surface area contributed by atoms with Crippen LogP contribution >= 0.6 is 0 Å². The molecule has 3 rings (SSSR count). The Bertz CT molecular complexity index is 595. The van der Waals surface area contributed by atoms with E-state index in [1.54, 1.807) is 6.20 Å². The fourth-order valence-corrected chi connectivity index (χ4v) is 2.54. The first-order valence-corrected chi connectivity index (χ1v) is 6.32. The molecule has 3 nitrogen and oxygen atoms in total. The number of rotatable bonds is 1. The van der Waals surface area contributed by atoms with Crippen molar-refractivity contribution in [2.75, 3.05) is 0 Å². The number of nitrogens with zero attached hydrogens (tertiary/aromatic N) is 2. The van der Waals surface area contributed by atoms with E-state index >= 15 is 0 Å². The van der Waals surface area contributed by atoms with Gasteiger partial charge in [-0.1, -0.05) is 24.6 Å². The van der Waals surface area contributed by atoms with E-state index in [-0.39, 0.29) is 5.78 Å². The molecule has 0 saturated heterocycles. The minimum atomic E-state index is 0.224. The molecule has 3 heteroatoms. The van der Waals surface area contributed by atoms with Gasteiger partial charge in [0.2, 0.25) is 0 Å². The normalized spacial score (nSPS) is 18.8. The van der Waals surface area contributed by atoms with Gasteiger partial charge in [0, 0.05) is 6.42 Å². The highest BCUT2D eigenvalue weighted by Crippen LogP contribution is 2.27. The number of Topliss-reactive ketones (excluding diaryl/α,β-unsaturated/α-hetero) is 1. The third-order valence-electron chi connectivity index (χ3n) is 3.52. The summed E-state index contributed by atoms with van der Waals surface area (Å²) in [5.74, 6) is 0.632. The predicted molar refractivity (Wildman–Crippen MR) is 70.1 cm³/mol. The first-order chi connectivity index (χ1) is 8.65. The van der Waals surface area contributed by atoms with Crippen molar-refractivity contribution in [3.63, 3.8) is 0 Å². The Balaban J connectivity index is 2.09. The molecule has 0 aliphatic heterocycles. The molecule has 1 aromatic heterocycles. The van der Waals surface area contributed by atoms with Gasteiger partial charge in [0.15, 0.2) is 5.78 Å². The average molecular weight is 240 g/mol. The van der Waals surface area contributed by atoms with Gasteiger partial charge in [-0.05, 0) is 31.4 Å². The van der Waals surface area contributed by atoms with E-state index in [2.05, 4.69) is 31.1 Å². The zero-order valence-corrected chi connectivity index (χ0v) is 10.7. The smallest absolute Gasteiger partial charge is 0.166 e. The lowest BCUT2D eigenvalue weighted by Gasteiger charge is -2.18. The molecule has 2 aromatic rings. The SMILES string of the molecule is Cc1ccc(-n2ncc3c2C[C@H](C)CC3=O)cc1. The lowest BCUT2D eigenvalue weighted by Crippen LogP contribution is -2.19. The summed E-state index contributed by atoms with van der Waals surface area (Å²) in [5.41, 5.74) is 4.12. The van der Waals surface area contributed by atoms with Crippen molar-refractivity contribution >= 4 is 5.78 Å². The summed E-state index contributed by atoms with van der Waals surface area (Å²) in [4.78, 5) is 11.9. The lowest BCUT2D eigenvalue weighted by molar-refractivity contribution is 0.0952. The molecule has 0 N–H and O–H groups in total. The third kappa shape index (κ3) is 1.76. The fourth-order valence-electron chi connectivity index (χ4n) is 2.54. The molecular formula is C15H16N2O. The van der Waals surface area contributed by atoms with Crippen molar-refractivity contribution in [2.45, 2.75) is 26.7 Å². The van der Waals surface area contributed by atoms with E-state index in [4.69, 9.17) is 0 Å². The number of aryl methyl sites for hydroxylation is 1. The van der Waals surface area contributed by atoms with Gasteiger partial charge in [-0.15, -0.1) is 0 Å². The van der Waals surface area contributed by atoms with Crippen molar-refractivity contribution in [1.82, 2.24) is 9.78 Å². The van der Waals surface area contributed by atoms with Crippen LogP contribution in [-0.2, 0) is 6.42 Å². The van der Waals surface area contributed by atoms with Crippen molar-refractivity contribution in [3.05, 3.63) is 47.3 Å². The molecule has 0 unspecified atom stereocenters. The van der Waals surface area contributed by atoms with Crippen molar-refractivity contribution in [2.24, 2.45) is 5.92 Å². The standard InChI is InChI=1S/C15H16N2O/c1-10-3-5-12(6-4-10)17-14-7-11(2)8-15(18)13(14)9-16-17/h3-6,9,11H,7-8H2,1-2H3/t11-/m0/s1. The molecular weight excluding hydrogens is 224 g/mol. The fraction of sp³-hybridized carbons (Fsp3) is 0.333. The van der Waals surface area contributed by atoms with Crippen LogP contribution in [-0.4, -0.2) is 15.6 Å². The minimum Gasteiger partial charge on any atom is -0.294 e. The molecule has 0 radical (unpaired) electrons. The second kappa shape index (κ2) is 4.09. The summed E-state index contributed by atoms with van der Waals surface area (Å²) < 4.78 is 1.91. The molecule has 92 valence electrons. The van der Waals surface area contributed by atoms with Crippen LogP contribution < -0.4 is 0 Å². The van der Waals surface area contributed by atoms with Crippen LogP contribution in [0.25, 0.3) is 5.69 Å². The van der Waals surface area contributed by atoms with Crippen LogP contribution in [0.3, 0.4) is 0 Å². The highest BCUT2D eigenvalue weighted by Gasteiger charge is 2.26. The highest BCUT2D eigenvalue weighted by molar-refractivity contribution is 5.98. The monoisotopic (exact) mass is 240 g/mol. The largest absolute Gasteiger partial charge is 0.294 e. The summed E-state index contributed by atoms with van der Waals surface area (Å²) in [6.07, 6.45) is 3.28. The number of ketones is 1. The molecule has 0 fully saturated rings. The Hall–Kier alpha value is -1.90. The van der Waals surface area contributed by atoms with Gasteiger partial charge in [0.25, 0.3) is 0 Å². The Morgan fingerprint density at radius 2 is 1.94 bits per heavy atom. The quantitative estimate of drug-likeness (QED) is 0.768. The number of hydrogen-bond acceptors (Lipinski definition) is 2. The Morgan fingerprint density at radius 3 is 2.67 bits per heavy atom. The van der Waals surface area contributed by atoms with E-state index in [9.17, 15) is 4.79 Å². The third-order valence-corrected chi connectivity index (χ3v) is 3.52. The summed E-state index contributed by atoms with van der Waals surface area (Å²) >= 11 is 0. The van der Waals surface area contributed by atoms with Gasteiger partial charge in [-0.3, -0.25) is 4.79 Å². The van der Waals surface area contributed by atoms with Crippen molar-refractivity contribution < 1.29 is 4.79 Å². The van der Waals surface area contributed by atoms with Crippen LogP contribution in [0, 0.1) is 12.8 Å². The first-order valence-electron chi connectivity index (χ1n) is 6.32. The topological polar surface area (TPSA) is 34.9 Å². The Morgan fingerprint density at radius 1 is 1.22 bits per heavy atom. The number of carbonyl (C=O) groups excluding carboxylic acids is 1. The van der Waals surface area contributed by atoms with Gasteiger partial charge < -0.3 is 0 Å². The molecule has 0 saturated carbocycles. The van der Waals surface area contributed by atoms with E-state index < -0.39 is 0 Å². The summed E-state index contributed by atoms with van der Waals surface area (Å²) in [6.45, 7) is 4.18. The lowest BCUT2D eigenvalue weighted by atomic mass is 9.88. The number of hydrogen-bond donors (Lipinski definition) is 0. The Labute approximate surface area is 106 Å². The maximum atomic E-state index is 11.9. The summed E-state index contributed by atoms with van der Waals surface area (Å²) in [7, 11) is 0. The van der Waals surface area contributed by atoms with Crippen LogP contribution in [0.5, 0.6) is 0 Å². The van der Waals surface area contributed by atoms with Gasteiger partial charge >= 0.3 is 0 Å². The number of carbonyl (C=O) groups is 1. The maximum absolute atomic E-state index is 11.9. The van der Waals surface area contributed by atoms with Crippen LogP contribution in [0.15, 0.2) is 30.5 Å². The Kier molecular flexibility index (Phi) is 2.54. The summed E-state index contributed by atoms with van der Waals surface area (Å²) in [5, 5.41) is 4.38. The molecule has 0 amide bonds. The maximum Gasteiger partial charge on any atom is 0.166 e.